The normalized spacial score (nSPS) is 20.1. The van der Waals surface area contributed by atoms with Crippen LogP contribution >= 0.6 is 15.9 Å². The number of non-ortho nitro benzene ring substituents is 1. The number of nitrogens with zero attached hydrogens (tertiary/aromatic N) is 3. The Labute approximate surface area is 248 Å². The second-order valence-corrected chi connectivity index (χ2v) is 12.0. The number of nitro benzene ring substituents is 1. The molecule has 0 aliphatic carbocycles. The smallest absolute Gasteiger partial charge is 0.339 e. The molecule has 4 aromatic carbocycles. The van der Waals surface area contributed by atoms with Gasteiger partial charge in [-0.05, 0) is 60.2 Å². The molecule has 2 saturated heterocycles. The number of hydroxylamine groups is 1. The predicted molar refractivity (Wildman–Crippen MR) is 154 cm³/mol. The van der Waals surface area contributed by atoms with E-state index in [9.17, 15) is 28.1 Å². The van der Waals surface area contributed by atoms with Crippen LogP contribution in [0, 0.1) is 16.0 Å². The lowest BCUT2D eigenvalue weighted by Crippen LogP contribution is -2.37. The van der Waals surface area contributed by atoms with E-state index >= 15 is 0 Å². The van der Waals surface area contributed by atoms with Crippen molar-refractivity contribution in [2.75, 3.05) is 9.96 Å². The van der Waals surface area contributed by atoms with Crippen LogP contribution in [0.2, 0.25) is 0 Å². The van der Waals surface area contributed by atoms with Crippen molar-refractivity contribution in [1.29, 1.82) is 0 Å². The Balaban J connectivity index is 1.37. The van der Waals surface area contributed by atoms with E-state index in [0.29, 0.717) is 11.3 Å². The van der Waals surface area contributed by atoms with Gasteiger partial charge in [0.2, 0.25) is 5.91 Å². The lowest BCUT2D eigenvalue weighted by Gasteiger charge is -2.28. The van der Waals surface area contributed by atoms with Crippen LogP contribution in [0.3, 0.4) is 0 Å². The predicted octanol–water partition coefficient (Wildman–Crippen LogP) is 5.18. The number of halogens is 1. The van der Waals surface area contributed by atoms with E-state index in [-0.39, 0.29) is 22.0 Å². The Kier molecular flexibility index (Phi) is 7.01. The molecule has 11 nitrogen and oxygen atoms in total. The number of anilines is 2. The lowest BCUT2D eigenvalue weighted by molar-refractivity contribution is -0.384. The zero-order valence-electron chi connectivity index (χ0n) is 21.4. The van der Waals surface area contributed by atoms with Crippen molar-refractivity contribution in [1.82, 2.24) is 0 Å². The van der Waals surface area contributed by atoms with Crippen LogP contribution in [-0.2, 0) is 24.5 Å². The molecule has 0 bridgehead atoms. The molecule has 0 spiro atoms. The molecular formula is C29H20BrN3O8S. The average molecular weight is 650 g/mol. The van der Waals surface area contributed by atoms with E-state index in [1.165, 1.54) is 47.5 Å². The summed E-state index contributed by atoms with van der Waals surface area (Å²) in [6.45, 7) is 0. The number of hydrogen-bond donors (Lipinski definition) is 0. The molecule has 0 aromatic heterocycles. The standard InChI is InChI=1S/C29H20BrN3O8S/c30-19-11-13-20(14-12-19)31-28(34)25-26(32(40-27(25)29(31)35)21-5-4-6-22(17-21)33(36)37)18-9-15-23(16-10-18)41-42(38,39)24-7-2-1-3-8-24/h1-17,25-27H/t25-,26-,27+/m1/s1. The minimum Gasteiger partial charge on any atom is -0.379 e. The summed E-state index contributed by atoms with van der Waals surface area (Å²) in [6, 6.07) is 25.1. The third-order valence-electron chi connectivity index (χ3n) is 6.95. The van der Waals surface area contributed by atoms with Crippen LogP contribution in [0.4, 0.5) is 17.1 Å². The van der Waals surface area contributed by atoms with E-state index in [2.05, 4.69) is 15.9 Å². The first-order chi connectivity index (χ1) is 20.1. The Morgan fingerprint density at radius 1 is 0.833 bits per heavy atom. The van der Waals surface area contributed by atoms with Crippen molar-refractivity contribution in [2.45, 2.75) is 17.0 Å². The van der Waals surface area contributed by atoms with Gasteiger partial charge in [-0.15, -0.1) is 0 Å². The third-order valence-corrected chi connectivity index (χ3v) is 8.74. The molecule has 4 aromatic rings. The molecule has 0 N–H and O–H groups in total. The number of carbonyl (C=O) groups excluding carboxylic acids is 2. The number of fused-ring (bicyclic) bond motifs is 1. The summed E-state index contributed by atoms with van der Waals surface area (Å²) in [5.41, 5.74) is 0.946. The van der Waals surface area contributed by atoms with Gasteiger partial charge in [-0.3, -0.25) is 24.5 Å². The molecule has 3 atom stereocenters. The average Bonchev–Trinajstić information content (AvgIpc) is 3.50. The summed E-state index contributed by atoms with van der Waals surface area (Å²) in [6.07, 6.45) is -1.19. The van der Waals surface area contributed by atoms with Gasteiger partial charge in [0.05, 0.1) is 22.3 Å². The van der Waals surface area contributed by atoms with E-state index < -0.39 is 44.9 Å². The summed E-state index contributed by atoms with van der Waals surface area (Å²) in [5, 5.41) is 12.8. The molecule has 2 heterocycles. The summed E-state index contributed by atoms with van der Waals surface area (Å²) >= 11 is 3.34. The number of benzene rings is 4. The second kappa shape index (κ2) is 10.7. The second-order valence-electron chi connectivity index (χ2n) is 9.51. The van der Waals surface area contributed by atoms with Crippen molar-refractivity contribution >= 4 is 54.9 Å². The molecule has 42 heavy (non-hydrogen) atoms. The van der Waals surface area contributed by atoms with Gasteiger partial charge in [0, 0.05) is 16.6 Å². The van der Waals surface area contributed by atoms with Crippen LogP contribution in [0.1, 0.15) is 11.6 Å². The van der Waals surface area contributed by atoms with Gasteiger partial charge in [-0.2, -0.15) is 8.42 Å². The Morgan fingerprint density at radius 2 is 1.52 bits per heavy atom. The number of amides is 2. The van der Waals surface area contributed by atoms with Gasteiger partial charge in [-0.25, -0.2) is 9.96 Å². The van der Waals surface area contributed by atoms with Crippen molar-refractivity contribution in [3.63, 3.8) is 0 Å². The highest BCUT2D eigenvalue weighted by Gasteiger charge is 2.60. The Morgan fingerprint density at radius 3 is 2.19 bits per heavy atom. The zero-order chi connectivity index (χ0) is 29.6. The molecule has 0 saturated carbocycles. The van der Waals surface area contributed by atoms with Gasteiger partial charge >= 0.3 is 10.1 Å². The first-order valence-corrected chi connectivity index (χ1v) is 14.8. The molecular weight excluding hydrogens is 630 g/mol. The SMILES string of the molecule is O=C1[C@H]2[C@H](ON(c3cccc([N+](=O)[O-])c3)[C@@H]2c2ccc(OS(=O)(=O)c3ccccc3)cc2)C(=O)N1c1ccc(Br)cc1. The van der Waals surface area contributed by atoms with Gasteiger partial charge in [0.1, 0.15) is 16.6 Å². The maximum atomic E-state index is 13.8. The number of hydrogen-bond acceptors (Lipinski definition) is 9. The summed E-state index contributed by atoms with van der Waals surface area (Å²) < 4.78 is 31.4. The third kappa shape index (κ3) is 4.91. The fourth-order valence-corrected chi connectivity index (χ4v) is 6.26. The molecule has 2 aliphatic rings. The summed E-state index contributed by atoms with van der Waals surface area (Å²) in [4.78, 5) is 45.3. The first kappa shape index (κ1) is 27.6. The lowest BCUT2D eigenvalue weighted by atomic mass is 9.90. The maximum absolute atomic E-state index is 13.8. The molecule has 2 amide bonds. The van der Waals surface area contributed by atoms with Crippen molar-refractivity contribution < 1.29 is 32.0 Å². The topological polar surface area (TPSA) is 136 Å². The number of imide groups is 1. The van der Waals surface area contributed by atoms with Gasteiger partial charge in [0.15, 0.2) is 6.10 Å². The largest absolute Gasteiger partial charge is 0.379 e. The molecule has 0 unspecified atom stereocenters. The van der Waals surface area contributed by atoms with Gasteiger partial charge in [-0.1, -0.05) is 52.3 Å². The number of nitro groups is 1. The van der Waals surface area contributed by atoms with Crippen molar-refractivity contribution in [3.8, 4) is 5.75 Å². The van der Waals surface area contributed by atoms with Gasteiger partial charge in [0.25, 0.3) is 11.6 Å². The molecule has 6 rings (SSSR count). The van der Waals surface area contributed by atoms with Crippen molar-refractivity contribution in [2.24, 2.45) is 5.92 Å². The van der Waals surface area contributed by atoms with Gasteiger partial charge < -0.3 is 4.18 Å². The minimum absolute atomic E-state index is 0.0129. The number of carbonyl (C=O) groups is 2. The molecule has 2 fully saturated rings. The zero-order valence-corrected chi connectivity index (χ0v) is 23.8. The minimum atomic E-state index is -4.09. The highest BCUT2D eigenvalue weighted by molar-refractivity contribution is 9.10. The summed E-state index contributed by atoms with van der Waals surface area (Å²) in [5.74, 6) is -2.04. The van der Waals surface area contributed by atoms with E-state index in [4.69, 9.17) is 9.02 Å². The highest BCUT2D eigenvalue weighted by atomic mass is 79.9. The van der Waals surface area contributed by atoms with E-state index in [1.807, 2.05) is 0 Å². The van der Waals surface area contributed by atoms with Crippen LogP contribution in [0.15, 0.2) is 112 Å². The maximum Gasteiger partial charge on any atom is 0.339 e. The summed E-state index contributed by atoms with van der Waals surface area (Å²) in [7, 11) is -4.09. The first-order valence-electron chi connectivity index (χ1n) is 12.6. The quantitative estimate of drug-likeness (QED) is 0.115. The molecule has 212 valence electrons. The van der Waals surface area contributed by atoms with Crippen LogP contribution in [0.25, 0.3) is 0 Å². The van der Waals surface area contributed by atoms with Crippen LogP contribution in [0.5, 0.6) is 5.75 Å². The Bertz CT molecular complexity index is 1800. The highest BCUT2D eigenvalue weighted by Crippen LogP contribution is 2.48. The molecule has 0 radical (unpaired) electrons. The van der Waals surface area contributed by atoms with E-state index in [1.54, 1.807) is 60.7 Å². The number of rotatable bonds is 7. The Hall–Kier alpha value is -4.59. The van der Waals surface area contributed by atoms with Crippen molar-refractivity contribution in [3.05, 3.63) is 123 Å². The van der Waals surface area contributed by atoms with Crippen LogP contribution < -0.4 is 14.1 Å². The fraction of sp³-hybridized carbons (Fsp3) is 0.103. The monoisotopic (exact) mass is 649 g/mol. The molecule has 2 aliphatic heterocycles. The molecule has 13 heteroatoms. The fourth-order valence-electron chi connectivity index (χ4n) is 5.05. The van der Waals surface area contributed by atoms with Crippen LogP contribution in [-0.4, -0.2) is 31.3 Å². The van der Waals surface area contributed by atoms with E-state index in [0.717, 1.165) is 9.37 Å².